The van der Waals surface area contributed by atoms with E-state index in [0.717, 1.165) is 6.07 Å². The summed E-state index contributed by atoms with van der Waals surface area (Å²) >= 11 is 18.8. The minimum Gasteiger partial charge on any atom is -0.462 e. The molecule has 10 heteroatoms. The molecular weight excluding hydrogens is 491 g/mol. The minimum atomic E-state index is -0.615. The van der Waals surface area contributed by atoms with Crippen LogP contribution >= 0.6 is 34.8 Å². The fraction of sp³-hybridized carbons (Fsp3) is 0.130. The quantitative estimate of drug-likeness (QED) is 0.205. The Kier molecular flexibility index (Phi) is 7.92. The van der Waals surface area contributed by atoms with Gasteiger partial charge in [0.2, 0.25) is 0 Å². The van der Waals surface area contributed by atoms with E-state index in [1.807, 2.05) is 0 Å². The highest BCUT2D eigenvalue weighted by molar-refractivity contribution is 6.36. The molecule has 0 spiro atoms. The number of nitro groups is 1. The number of carbonyl (C=O) groups excluding carboxylic acids is 2. The molecule has 3 rings (SSSR count). The van der Waals surface area contributed by atoms with E-state index in [1.54, 1.807) is 37.3 Å². The number of esters is 1. The van der Waals surface area contributed by atoms with Crippen LogP contribution in [-0.4, -0.2) is 23.4 Å². The van der Waals surface area contributed by atoms with Gasteiger partial charge in [-0.3, -0.25) is 14.9 Å². The van der Waals surface area contributed by atoms with Crippen LogP contribution < -0.4 is 4.90 Å². The smallest absolute Gasteiger partial charge is 0.338 e. The second kappa shape index (κ2) is 10.7. The summed E-state index contributed by atoms with van der Waals surface area (Å²) in [7, 11) is 0. The Labute approximate surface area is 204 Å². The average Bonchev–Trinajstić information content (AvgIpc) is 2.79. The van der Waals surface area contributed by atoms with E-state index < -0.39 is 16.8 Å². The van der Waals surface area contributed by atoms with Crippen LogP contribution in [0.2, 0.25) is 15.1 Å². The van der Waals surface area contributed by atoms with E-state index in [4.69, 9.17) is 39.5 Å². The number of anilines is 1. The number of carbonyl (C=O) groups is 2. The van der Waals surface area contributed by atoms with Gasteiger partial charge < -0.3 is 9.64 Å². The first-order valence-corrected chi connectivity index (χ1v) is 10.8. The Morgan fingerprint density at radius 1 is 0.970 bits per heavy atom. The first kappa shape index (κ1) is 24.5. The standard InChI is InChI=1S/C23H17Cl3N2O5/c1-2-33-23(30)14-6-8-15(9-7-14)27(13-18-19(24)4-3-5-20(18)25)22(29)17-12-16(28(31)32)10-11-21(17)26/h3-12H,2,13H2,1H3. The van der Waals surface area contributed by atoms with Crippen LogP contribution in [0.3, 0.4) is 0 Å². The third-order valence-electron chi connectivity index (χ3n) is 4.70. The molecule has 0 aliphatic rings. The van der Waals surface area contributed by atoms with E-state index in [0.29, 0.717) is 26.9 Å². The van der Waals surface area contributed by atoms with Crippen LogP contribution in [0.4, 0.5) is 11.4 Å². The van der Waals surface area contributed by atoms with Gasteiger partial charge in [0.25, 0.3) is 11.6 Å². The summed E-state index contributed by atoms with van der Waals surface area (Å²) in [5.41, 5.74) is 0.827. The summed E-state index contributed by atoms with van der Waals surface area (Å²) in [6.07, 6.45) is 0. The molecular formula is C23H17Cl3N2O5. The molecule has 0 unspecified atom stereocenters. The molecule has 1 amide bonds. The molecule has 0 aliphatic heterocycles. The molecule has 170 valence electrons. The van der Waals surface area contributed by atoms with Crippen molar-refractivity contribution in [3.05, 3.63) is 103 Å². The van der Waals surface area contributed by atoms with Gasteiger partial charge in [0.05, 0.1) is 34.2 Å². The molecule has 0 saturated carbocycles. The van der Waals surface area contributed by atoms with Crippen LogP contribution in [0.25, 0.3) is 0 Å². The van der Waals surface area contributed by atoms with Crippen molar-refractivity contribution in [3.8, 4) is 0 Å². The molecule has 0 heterocycles. The largest absolute Gasteiger partial charge is 0.462 e. The number of benzene rings is 3. The van der Waals surface area contributed by atoms with E-state index in [9.17, 15) is 19.7 Å². The van der Waals surface area contributed by atoms with E-state index >= 15 is 0 Å². The Balaban J connectivity index is 2.08. The molecule has 33 heavy (non-hydrogen) atoms. The highest BCUT2D eigenvalue weighted by Crippen LogP contribution is 2.31. The molecule has 0 aromatic heterocycles. The fourth-order valence-electron chi connectivity index (χ4n) is 3.05. The summed E-state index contributed by atoms with van der Waals surface area (Å²) in [4.78, 5) is 37.5. The number of amides is 1. The van der Waals surface area contributed by atoms with E-state index in [1.165, 1.54) is 29.2 Å². The Bertz CT molecular complexity index is 1190. The second-order valence-corrected chi connectivity index (χ2v) is 8.00. The molecule has 0 bridgehead atoms. The Hall–Kier alpha value is -3.13. The Morgan fingerprint density at radius 2 is 1.61 bits per heavy atom. The minimum absolute atomic E-state index is 0.0454. The lowest BCUT2D eigenvalue weighted by Gasteiger charge is -2.25. The lowest BCUT2D eigenvalue weighted by molar-refractivity contribution is -0.384. The number of ether oxygens (including phenoxy) is 1. The van der Waals surface area contributed by atoms with Crippen LogP contribution in [0.15, 0.2) is 60.7 Å². The van der Waals surface area contributed by atoms with Gasteiger partial charge >= 0.3 is 5.97 Å². The molecule has 0 N–H and O–H groups in total. The van der Waals surface area contributed by atoms with Crippen LogP contribution in [-0.2, 0) is 11.3 Å². The first-order chi connectivity index (χ1) is 15.7. The summed E-state index contributed by atoms with van der Waals surface area (Å²) in [5.74, 6) is -1.11. The molecule has 0 saturated heterocycles. The van der Waals surface area contributed by atoms with Gasteiger partial charge in [0.15, 0.2) is 0 Å². The number of nitrogens with zero attached hydrogens (tertiary/aromatic N) is 2. The summed E-state index contributed by atoms with van der Waals surface area (Å²) < 4.78 is 4.99. The molecule has 3 aromatic carbocycles. The van der Waals surface area contributed by atoms with Crippen LogP contribution in [0, 0.1) is 10.1 Å². The zero-order chi connectivity index (χ0) is 24.1. The predicted molar refractivity (Wildman–Crippen MR) is 127 cm³/mol. The lowest BCUT2D eigenvalue weighted by Crippen LogP contribution is -2.31. The summed E-state index contributed by atoms with van der Waals surface area (Å²) in [5, 5.41) is 11.9. The summed E-state index contributed by atoms with van der Waals surface area (Å²) in [6, 6.07) is 14.7. The first-order valence-electron chi connectivity index (χ1n) is 9.68. The molecule has 3 aromatic rings. The average molecular weight is 508 g/mol. The van der Waals surface area contributed by atoms with E-state index in [-0.39, 0.29) is 29.4 Å². The molecule has 0 atom stereocenters. The molecule has 0 fully saturated rings. The van der Waals surface area contributed by atoms with Gasteiger partial charge in [-0.1, -0.05) is 40.9 Å². The van der Waals surface area contributed by atoms with Crippen molar-refractivity contribution in [3.63, 3.8) is 0 Å². The molecule has 0 aliphatic carbocycles. The van der Waals surface area contributed by atoms with Crippen molar-refractivity contribution in [2.24, 2.45) is 0 Å². The number of halogens is 3. The summed E-state index contributed by atoms with van der Waals surface area (Å²) in [6.45, 7) is 1.87. The highest BCUT2D eigenvalue weighted by atomic mass is 35.5. The monoisotopic (exact) mass is 506 g/mol. The maximum atomic E-state index is 13.5. The fourth-order valence-corrected chi connectivity index (χ4v) is 3.77. The van der Waals surface area contributed by atoms with Crippen LogP contribution in [0.5, 0.6) is 0 Å². The van der Waals surface area contributed by atoms with Crippen LogP contribution in [0.1, 0.15) is 33.2 Å². The second-order valence-electron chi connectivity index (χ2n) is 6.78. The zero-order valence-corrected chi connectivity index (χ0v) is 19.5. The number of hydrogen-bond acceptors (Lipinski definition) is 5. The van der Waals surface area contributed by atoms with Crippen molar-refractivity contribution in [1.29, 1.82) is 0 Å². The van der Waals surface area contributed by atoms with Gasteiger partial charge in [-0.05, 0) is 49.4 Å². The maximum Gasteiger partial charge on any atom is 0.338 e. The van der Waals surface area contributed by atoms with Gasteiger partial charge in [0.1, 0.15) is 0 Å². The highest BCUT2D eigenvalue weighted by Gasteiger charge is 2.25. The van der Waals surface area contributed by atoms with Gasteiger partial charge in [0, 0.05) is 33.4 Å². The number of rotatable bonds is 7. The zero-order valence-electron chi connectivity index (χ0n) is 17.3. The number of nitro benzene ring substituents is 1. The molecule has 7 nitrogen and oxygen atoms in total. The normalized spacial score (nSPS) is 10.5. The predicted octanol–water partition coefficient (Wildman–Crippen LogP) is 6.58. The van der Waals surface area contributed by atoms with Gasteiger partial charge in [-0.2, -0.15) is 0 Å². The molecule has 0 radical (unpaired) electrons. The van der Waals surface area contributed by atoms with Gasteiger partial charge in [-0.15, -0.1) is 0 Å². The van der Waals surface area contributed by atoms with Gasteiger partial charge in [-0.25, -0.2) is 4.79 Å². The Morgan fingerprint density at radius 3 is 2.18 bits per heavy atom. The number of non-ortho nitro benzene ring substituents is 1. The number of hydrogen-bond donors (Lipinski definition) is 0. The van der Waals surface area contributed by atoms with Crippen molar-refractivity contribution in [2.45, 2.75) is 13.5 Å². The van der Waals surface area contributed by atoms with Crippen molar-refractivity contribution in [1.82, 2.24) is 0 Å². The lowest BCUT2D eigenvalue weighted by atomic mass is 10.1. The van der Waals surface area contributed by atoms with Crippen molar-refractivity contribution >= 4 is 58.1 Å². The van der Waals surface area contributed by atoms with Crippen molar-refractivity contribution in [2.75, 3.05) is 11.5 Å². The topological polar surface area (TPSA) is 89.8 Å². The SMILES string of the molecule is CCOC(=O)c1ccc(N(Cc2c(Cl)cccc2Cl)C(=O)c2cc([N+](=O)[O-])ccc2Cl)cc1. The third-order valence-corrected chi connectivity index (χ3v) is 5.74. The third kappa shape index (κ3) is 5.63. The van der Waals surface area contributed by atoms with Crippen molar-refractivity contribution < 1.29 is 19.2 Å². The maximum absolute atomic E-state index is 13.5. The van der Waals surface area contributed by atoms with E-state index in [2.05, 4.69) is 0 Å².